The maximum absolute atomic E-state index is 10.6. The Morgan fingerprint density at radius 1 is 1.57 bits per heavy atom. The average molecular weight is 213 g/mol. The highest BCUT2D eigenvalue weighted by molar-refractivity contribution is 6.31. The van der Waals surface area contributed by atoms with Crippen molar-refractivity contribution >= 4 is 17.6 Å². The second-order valence-electron chi connectivity index (χ2n) is 3.47. The van der Waals surface area contributed by atoms with E-state index in [1.54, 1.807) is 6.07 Å². The first-order chi connectivity index (χ1) is 6.52. The highest BCUT2D eigenvalue weighted by atomic mass is 35.5. The molecule has 0 heterocycles. The monoisotopic (exact) mass is 212 g/mol. The number of carboxylic acids is 1. The predicted octanol–water partition coefficient (Wildman–Crippen LogP) is 3.23. The largest absolute Gasteiger partial charge is 0.481 e. The number of carboxylic acid groups (broad SMARTS) is 1. The van der Waals surface area contributed by atoms with Crippen molar-refractivity contribution in [3.63, 3.8) is 0 Å². The fourth-order valence-corrected chi connectivity index (χ4v) is 2.04. The number of hydrogen-bond acceptors (Lipinski definition) is 1. The van der Waals surface area contributed by atoms with Gasteiger partial charge in [0, 0.05) is 5.02 Å². The third-order valence-corrected chi connectivity index (χ3v) is 2.57. The lowest BCUT2D eigenvalue weighted by atomic mass is 9.94. The highest BCUT2D eigenvalue weighted by Gasteiger charge is 2.14. The maximum Gasteiger partial charge on any atom is 0.303 e. The quantitative estimate of drug-likeness (QED) is 0.835. The van der Waals surface area contributed by atoms with Crippen LogP contribution in [0.2, 0.25) is 5.02 Å². The summed E-state index contributed by atoms with van der Waals surface area (Å²) in [6.45, 7) is 3.82. The van der Waals surface area contributed by atoms with Gasteiger partial charge in [0.05, 0.1) is 6.42 Å². The molecule has 0 aliphatic carbocycles. The van der Waals surface area contributed by atoms with Crippen LogP contribution >= 0.6 is 11.6 Å². The zero-order chi connectivity index (χ0) is 10.7. The number of carbonyl (C=O) groups is 1. The van der Waals surface area contributed by atoms with Crippen molar-refractivity contribution in [1.82, 2.24) is 0 Å². The van der Waals surface area contributed by atoms with Crippen molar-refractivity contribution < 1.29 is 9.90 Å². The standard InChI is InChI=1S/C11H13ClO2/c1-7-4-3-5-9(12)11(7)8(2)6-10(13)14/h3-5,8H,6H2,1-2H3,(H,13,14). The third kappa shape index (κ3) is 2.48. The van der Waals surface area contributed by atoms with Gasteiger partial charge in [-0.2, -0.15) is 0 Å². The number of aryl methyl sites for hydroxylation is 1. The molecule has 1 unspecified atom stereocenters. The van der Waals surface area contributed by atoms with Crippen LogP contribution in [0, 0.1) is 6.92 Å². The van der Waals surface area contributed by atoms with Crippen molar-refractivity contribution in [2.24, 2.45) is 0 Å². The summed E-state index contributed by atoms with van der Waals surface area (Å²) in [6.07, 6.45) is 0.116. The van der Waals surface area contributed by atoms with E-state index in [2.05, 4.69) is 0 Å². The highest BCUT2D eigenvalue weighted by Crippen LogP contribution is 2.29. The second kappa shape index (κ2) is 4.47. The first-order valence-electron chi connectivity index (χ1n) is 4.49. The smallest absolute Gasteiger partial charge is 0.303 e. The predicted molar refractivity (Wildman–Crippen MR) is 56.9 cm³/mol. The normalized spacial score (nSPS) is 12.5. The summed E-state index contributed by atoms with van der Waals surface area (Å²) in [4.78, 5) is 10.6. The molecule has 1 atom stereocenters. The van der Waals surface area contributed by atoms with E-state index in [0.717, 1.165) is 11.1 Å². The zero-order valence-corrected chi connectivity index (χ0v) is 9.01. The molecule has 0 aliphatic rings. The molecular weight excluding hydrogens is 200 g/mol. The molecule has 0 spiro atoms. The zero-order valence-electron chi connectivity index (χ0n) is 8.25. The Labute approximate surface area is 88.5 Å². The number of aliphatic carboxylic acids is 1. The molecule has 1 N–H and O–H groups in total. The van der Waals surface area contributed by atoms with Gasteiger partial charge in [0.25, 0.3) is 0 Å². The molecular formula is C11H13ClO2. The van der Waals surface area contributed by atoms with Gasteiger partial charge in [-0.1, -0.05) is 30.7 Å². The van der Waals surface area contributed by atoms with Gasteiger partial charge in [0.2, 0.25) is 0 Å². The van der Waals surface area contributed by atoms with Crippen molar-refractivity contribution in [3.8, 4) is 0 Å². The van der Waals surface area contributed by atoms with Crippen LogP contribution in [0.1, 0.15) is 30.4 Å². The molecule has 0 bridgehead atoms. The van der Waals surface area contributed by atoms with E-state index in [1.807, 2.05) is 26.0 Å². The van der Waals surface area contributed by atoms with Crippen LogP contribution in [-0.2, 0) is 4.79 Å². The fourth-order valence-electron chi connectivity index (χ4n) is 1.63. The van der Waals surface area contributed by atoms with Crippen LogP contribution in [0.15, 0.2) is 18.2 Å². The van der Waals surface area contributed by atoms with Crippen LogP contribution in [0.25, 0.3) is 0 Å². The van der Waals surface area contributed by atoms with Gasteiger partial charge in [0.1, 0.15) is 0 Å². The summed E-state index contributed by atoms with van der Waals surface area (Å²) in [5, 5.41) is 9.34. The third-order valence-electron chi connectivity index (χ3n) is 2.24. The van der Waals surface area contributed by atoms with Gasteiger partial charge in [-0.15, -0.1) is 0 Å². The molecule has 2 nitrogen and oxygen atoms in total. The Morgan fingerprint density at radius 3 is 2.71 bits per heavy atom. The van der Waals surface area contributed by atoms with Gasteiger partial charge in [0.15, 0.2) is 0 Å². The van der Waals surface area contributed by atoms with Gasteiger partial charge < -0.3 is 5.11 Å². The Kier molecular flexibility index (Phi) is 3.53. The van der Waals surface area contributed by atoms with E-state index in [1.165, 1.54) is 0 Å². The van der Waals surface area contributed by atoms with Crippen LogP contribution in [0.5, 0.6) is 0 Å². The molecule has 0 saturated carbocycles. The van der Waals surface area contributed by atoms with Crippen molar-refractivity contribution in [1.29, 1.82) is 0 Å². The molecule has 1 aromatic carbocycles. The lowest BCUT2D eigenvalue weighted by Gasteiger charge is -2.14. The van der Waals surface area contributed by atoms with E-state index < -0.39 is 5.97 Å². The van der Waals surface area contributed by atoms with Crippen LogP contribution in [0.3, 0.4) is 0 Å². The minimum absolute atomic E-state index is 0.0406. The number of hydrogen-bond donors (Lipinski definition) is 1. The summed E-state index contributed by atoms with van der Waals surface area (Å²) in [6, 6.07) is 5.61. The van der Waals surface area contributed by atoms with Gasteiger partial charge in [-0.05, 0) is 30.0 Å². The second-order valence-corrected chi connectivity index (χ2v) is 3.88. The SMILES string of the molecule is Cc1cccc(Cl)c1C(C)CC(=O)O. The van der Waals surface area contributed by atoms with Crippen LogP contribution < -0.4 is 0 Å². The minimum atomic E-state index is -0.795. The van der Waals surface area contributed by atoms with Crippen LogP contribution in [0.4, 0.5) is 0 Å². The summed E-state index contributed by atoms with van der Waals surface area (Å²) in [7, 11) is 0. The Balaban J connectivity index is 2.99. The first kappa shape index (κ1) is 11.1. The molecule has 0 amide bonds. The molecule has 0 saturated heterocycles. The number of halogens is 1. The van der Waals surface area contributed by atoms with Crippen LogP contribution in [-0.4, -0.2) is 11.1 Å². The first-order valence-corrected chi connectivity index (χ1v) is 4.87. The Hall–Kier alpha value is -1.02. The van der Waals surface area contributed by atoms with Crippen molar-refractivity contribution in [2.45, 2.75) is 26.2 Å². The molecule has 1 aromatic rings. The van der Waals surface area contributed by atoms with Crippen molar-refractivity contribution in [3.05, 3.63) is 34.3 Å². The summed E-state index contributed by atoms with van der Waals surface area (Å²) >= 11 is 6.01. The summed E-state index contributed by atoms with van der Waals surface area (Å²) in [5.41, 5.74) is 1.99. The van der Waals surface area contributed by atoms with E-state index in [-0.39, 0.29) is 12.3 Å². The Bertz CT molecular complexity index is 327. The fraction of sp³-hybridized carbons (Fsp3) is 0.364. The number of benzene rings is 1. The average Bonchev–Trinajstić information content (AvgIpc) is 2.01. The molecule has 1 rings (SSSR count). The number of rotatable bonds is 3. The maximum atomic E-state index is 10.6. The minimum Gasteiger partial charge on any atom is -0.481 e. The molecule has 0 aliphatic heterocycles. The lowest BCUT2D eigenvalue weighted by molar-refractivity contribution is -0.137. The molecule has 0 radical (unpaired) electrons. The van der Waals surface area contributed by atoms with E-state index in [9.17, 15) is 4.79 Å². The Morgan fingerprint density at radius 2 is 2.21 bits per heavy atom. The molecule has 0 fully saturated rings. The lowest BCUT2D eigenvalue weighted by Crippen LogP contribution is -2.04. The van der Waals surface area contributed by atoms with E-state index >= 15 is 0 Å². The molecule has 14 heavy (non-hydrogen) atoms. The van der Waals surface area contributed by atoms with Crippen molar-refractivity contribution in [2.75, 3.05) is 0 Å². The van der Waals surface area contributed by atoms with Gasteiger partial charge in [-0.3, -0.25) is 4.79 Å². The van der Waals surface area contributed by atoms with E-state index in [0.29, 0.717) is 5.02 Å². The summed E-state index contributed by atoms with van der Waals surface area (Å²) < 4.78 is 0. The molecule has 76 valence electrons. The molecule has 0 aromatic heterocycles. The molecule has 3 heteroatoms. The topological polar surface area (TPSA) is 37.3 Å². The van der Waals surface area contributed by atoms with Gasteiger partial charge in [-0.25, -0.2) is 0 Å². The summed E-state index contributed by atoms with van der Waals surface area (Å²) in [5.74, 6) is -0.835. The van der Waals surface area contributed by atoms with Gasteiger partial charge >= 0.3 is 5.97 Å². The van der Waals surface area contributed by atoms with E-state index in [4.69, 9.17) is 16.7 Å².